The minimum Gasteiger partial charge on any atom is -0.389 e. The summed E-state index contributed by atoms with van der Waals surface area (Å²) in [4.78, 5) is 21.9. The van der Waals surface area contributed by atoms with E-state index in [0.29, 0.717) is 0 Å². The molecule has 2 unspecified atom stereocenters. The maximum atomic E-state index is 11.1. The highest BCUT2D eigenvalue weighted by Gasteiger charge is 2.20. The molecule has 0 spiro atoms. The zero-order valence-electron chi connectivity index (χ0n) is 7.23. The van der Waals surface area contributed by atoms with Crippen molar-refractivity contribution in [1.29, 1.82) is 0 Å². The Bertz CT molecular complexity index is 410. The van der Waals surface area contributed by atoms with Gasteiger partial charge in [0.2, 0.25) is 0 Å². The third-order valence-corrected chi connectivity index (χ3v) is 1.77. The summed E-state index contributed by atoms with van der Waals surface area (Å²) < 4.78 is 0. The quantitative estimate of drug-likeness (QED) is 0.366. The molecule has 0 aliphatic rings. The first-order valence-electron chi connectivity index (χ1n) is 3.94. The van der Waals surface area contributed by atoms with Gasteiger partial charge in [0.15, 0.2) is 0 Å². The fraction of sp³-hybridized carbons (Fsp3) is 0.429. The molecule has 7 heteroatoms. The molecule has 0 aromatic carbocycles. The van der Waals surface area contributed by atoms with Crippen molar-refractivity contribution in [3.8, 4) is 0 Å². The maximum absolute atomic E-state index is 11.1. The lowest BCUT2D eigenvalue weighted by Crippen LogP contribution is -2.33. The molecule has 1 rings (SSSR count). The van der Waals surface area contributed by atoms with Crippen LogP contribution in [0.2, 0.25) is 0 Å². The molecule has 6 N–H and O–H groups in total. The Morgan fingerprint density at radius 2 is 2.00 bits per heavy atom. The Hall–Kier alpha value is -1.44. The average molecular weight is 201 g/mol. The highest BCUT2D eigenvalue weighted by Crippen LogP contribution is 2.09. The molecule has 0 amide bonds. The van der Waals surface area contributed by atoms with E-state index < -0.39 is 23.3 Å². The van der Waals surface area contributed by atoms with Crippen molar-refractivity contribution in [2.75, 3.05) is 6.54 Å². The molecular formula is C7H11N3O4. The van der Waals surface area contributed by atoms with Crippen molar-refractivity contribution >= 4 is 0 Å². The van der Waals surface area contributed by atoms with Gasteiger partial charge in [-0.2, -0.15) is 0 Å². The molecule has 78 valence electrons. The normalized spacial score (nSPS) is 15.1. The molecule has 0 aliphatic heterocycles. The fourth-order valence-electron chi connectivity index (χ4n) is 0.989. The van der Waals surface area contributed by atoms with Gasteiger partial charge in [-0.3, -0.25) is 19.8 Å². The summed E-state index contributed by atoms with van der Waals surface area (Å²) in [5.41, 5.74) is 3.66. The molecule has 0 fully saturated rings. The maximum Gasteiger partial charge on any atom is 0.268 e. The van der Waals surface area contributed by atoms with E-state index in [-0.39, 0.29) is 12.1 Å². The fourth-order valence-corrected chi connectivity index (χ4v) is 0.989. The Morgan fingerprint density at radius 1 is 1.36 bits per heavy atom. The number of aromatic amines is 2. The molecule has 0 saturated carbocycles. The standard InChI is InChI=1S/C7H11N3O4/c8-2-4(11)6(13)3-1-5(12)9-10-7(3)14/h1,4,6,11,13H,2,8H2,(H,9,12)(H,10,14). The van der Waals surface area contributed by atoms with Crippen LogP contribution in [-0.2, 0) is 0 Å². The lowest BCUT2D eigenvalue weighted by molar-refractivity contribution is 0.0233. The van der Waals surface area contributed by atoms with Crippen LogP contribution in [0.5, 0.6) is 0 Å². The largest absolute Gasteiger partial charge is 0.389 e. The summed E-state index contributed by atoms with van der Waals surface area (Å²) in [6.45, 7) is -0.201. The minimum absolute atomic E-state index is 0.201. The topological polar surface area (TPSA) is 132 Å². The molecule has 1 aromatic rings. The first kappa shape index (κ1) is 10.6. The van der Waals surface area contributed by atoms with E-state index in [1.807, 2.05) is 10.2 Å². The van der Waals surface area contributed by atoms with E-state index in [1.54, 1.807) is 0 Å². The van der Waals surface area contributed by atoms with Crippen molar-refractivity contribution < 1.29 is 10.2 Å². The minimum atomic E-state index is -1.45. The van der Waals surface area contributed by atoms with Crippen LogP contribution >= 0.6 is 0 Å². The van der Waals surface area contributed by atoms with Gasteiger partial charge in [0.25, 0.3) is 11.1 Å². The van der Waals surface area contributed by atoms with E-state index in [4.69, 9.17) is 10.8 Å². The Balaban J connectivity index is 3.12. The predicted molar refractivity (Wildman–Crippen MR) is 47.7 cm³/mol. The first-order valence-corrected chi connectivity index (χ1v) is 3.94. The number of aliphatic hydroxyl groups is 2. The van der Waals surface area contributed by atoms with E-state index >= 15 is 0 Å². The van der Waals surface area contributed by atoms with Gasteiger partial charge in [-0.25, -0.2) is 0 Å². The summed E-state index contributed by atoms with van der Waals surface area (Å²) in [5, 5.41) is 22.6. The zero-order chi connectivity index (χ0) is 10.7. The number of H-pyrrole nitrogens is 2. The SMILES string of the molecule is NCC(O)C(O)c1cc(=O)[nH][nH]c1=O. The molecule has 1 heterocycles. The van der Waals surface area contributed by atoms with Crippen molar-refractivity contribution in [3.63, 3.8) is 0 Å². The van der Waals surface area contributed by atoms with E-state index in [9.17, 15) is 14.7 Å². The van der Waals surface area contributed by atoms with E-state index in [0.717, 1.165) is 6.07 Å². The van der Waals surface area contributed by atoms with Crippen LogP contribution in [0.4, 0.5) is 0 Å². The van der Waals surface area contributed by atoms with Crippen molar-refractivity contribution in [3.05, 3.63) is 32.3 Å². The lowest BCUT2D eigenvalue weighted by Gasteiger charge is -2.14. The number of aliphatic hydroxyl groups excluding tert-OH is 2. The summed E-state index contributed by atoms with van der Waals surface area (Å²) >= 11 is 0. The van der Waals surface area contributed by atoms with Gasteiger partial charge in [-0.15, -0.1) is 0 Å². The Kier molecular flexibility index (Phi) is 3.18. The molecule has 1 aromatic heterocycles. The molecule has 14 heavy (non-hydrogen) atoms. The summed E-state index contributed by atoms with van der Waals surface area (Å²) in [6.07, 6.45) is -2.72. The summed E-state index contributed by atoms with van der Waals surface area (Å²) in [7, 11) is 0. The van der Waals surface area contributed by atoms with Crippen LogP contribution in [0.25, 0.3) is 0 Å². The van der Waals surface area contributed by atoms with Crippen LogP contribution < -0.4 is 16.9 Å². The third-order valence-electron chi connectivity index (χ3n) is 1.77. The second-order valence-electron chi connectivity index (χ2n) is 2.79. The predicted octanol–water partition coefficient (Wildman–Crippen LogP) is -2.58. The van der Waals surface area contributed by atoms with Crippen LogP contribution in [-0.4, -0.2) is 33.1 Å². The van der Waals surface area contributed by atoms with Crippen LogP contribution in [0.15, 0.2) is 15.7 Å². The monoisotopic (exact) mass is 201 g/mol. The van der Waals surface area contributed by atoms with Crippen molar-refractivity contribution in [2.45, 2.75) is 12.2 Å². The van der Waals surface area contributed by atoms with Gasteiger partial charge < -0.3 is 15.9 Å². The number of hydrogen-bond acceptors (Lipinski definition) is 5. The second kappa shape index (κ2) is 4.18. The highest BCUT2D eigenvalue weighted by molar-refractivity contribution is 5.11. The van der Waals surface area contributed by atoms with Gasteiger partial charge in [0.05, 0.1) is 11.7 Å². The van der Waals surface area contributed by atoms with Gasteiger partial charge in [0.1, 0.15) is 6.10 Å². The molecule has 2 atom stereocenters. The van der Waals surface area contributed by atoms with Crippen LogP contribution in [0, 0.1) is 0 Å². The zero-order valence-corrected chi connectivity index (χ0v) is 7.23. The van der Waals surface area contributed by atoms with Crippen LogP contribution in [0.3, 0.4) is 0 Å². The Morgan fingerprint density at radius 3 is 2.57 bits per heavy atom. The number of aromatic nitrogens is 2. The first-order chi connectivity index (χ1) is 6.56. The highest BCUT2D eigenvalue weighted by atomic mass is 16.3. The van der Waals surface area contributed by atoms with Gasteiger partial charge in [-0.1, -0.05) is 0 Å². The third kappa shape index (κ3) is 2.08. The van der Waals surface area contributed by atoms with Gasteiger partial charge >= 0.3 is 0 Å². The molecule has 0 aliphatic carbocycles. The number of nitrogens with one attached hydrogen (secondary N) is 2. The number of nitrogens with two attached hydrogens (primary N) is 1. The van der Waals surface area contributed by atoms with Gasteiger partial charge in [0, 0.05) is 12.6 Å². The van der Waals surface area contributed by atoms with Crippen molar-refractivity contribution in [2.24, 2.45) is 5.73 Å². The second-order valence-corrected chi connectivity index (χ2v) is 2.79. The number of rotatable bonds is 3. The van der Waals surface area contributed by atoms with E-state index in [2.05, 4.69) is 0 Å². The van der Waals surface area contributed by atoms with Crippen molar-refractivity contribution in [1.82, 2.24) is 10.2 Å². The summed E-state index contributed by atoms with van der Waals surface area (Å²) in [5.74, 6) is 0. The van der Waals surface area contributed by atoms with E-state index in [1.165, 1.54) is 0 Å². The average Bonchev–Trinajstić information content (AvgIpc) is 2.19. The van der Waals surface area contributed by atoms with Crippen LogP contribution in [0.1, 0.15) is 11.7 Å². The smallest absolute Gasteiger partial charge is 0.268 e. The molecule has 0 saturated heterocycles. The molecule has 7 nitrogen and oxygen atoms in total. The molecule has 0 radical (unpaired) electrons. The lowest BCUT2D eigenvalue weighted by atomic mass is 10.1. The van der Waals surface area contributed by atoms with Gasteiger partial charge in [-0.05, 0) is 0 Å². The summed E-state index contributed by atoms with van der Waals surface area (Å²) in [6, 6.07) is 0.919. The molecule has 0 bridgehead atoms. The molecular weight excluding hydrogens is 190 g/mol. The number of hydrogen-bond donors (Lipinski definition) is 5. The Labute approximate surface area is 78.2 Å².